The number of hydrogen-bond donors (Lipinski definition) is 0. The number of rotatable bonds is 8. The van der Waals surface area contributed by atoms with Crippen LogP contribution in [-0.2, 0) is 18.9 Å². The molecule has 1 spiro atoms. The Morgan fingerprint density at radius 3 is 2.23 bits per heavy atom. The van der Waals surface area contributed by atoms with Crippen molar-refractivity contribution < 1.29 is 18.9 Å². The van der Waals surface area contributed by atoms with Gasteiger partial charge in [-0.3, -0.25) is 0 Å². The highest BCUT2D eigenvalue weighted by Crippen LogP contribution is 2.38. The Kier molecular flexibility index (Phi) is 6.54. The lowest BCUT2D eigenvalue weighted by Crippen LogP contribution is -2.33. The second kappa shape index (κ2) is 8.62. The Balaban J connectivity index is 1.18. The molecule has 2 saturated heterocycles. The lowest BCUT2D eigenvalue weighted by molar-refractivity contribution is -0.187. The van der Waals surface area contributed by atoms with Gasteiger partial charge in [-0.1, -0.05) is 38.5 Å². The molecule has 1 aliphatic carbocycles. The molecule has 2 unspecified atom stereocenters. The molecule has 2 aliphatic heterocycles. The van der Waals surface area contributed by atoms with Gasteiger partial charge in [0, 0.05) is 12.8 Å². The van der Waals surface area contributed by atoms with Crippen LogP contribution in [0.2, 0.25) is 0 Å². The second-order valence-corrected chi connectivity index (χ2v) is 7.14. The van der Waals surface area contributed by atoms with Crippen LogP contribution in [0.4, 0.5) is 0 Å². The fraction of sp³-hybridized carbons (Fsp3) is 1.00. The maximum atomic E-state index is 6.23. The molecular formula is C18H32O4. The third-order valence-corrected chi connectivity index (χ3v) is 5.27. The van der Waals surface area contributed by atoms with Gasteiger partial charge in [0.25, 0.3) is 0 Å². The predicted molar refractivity (Wildman–Crippen MR) is 84.7 cm³/mol. The Bertz CT molecular complexity index is 308. The molecule has 128 valence electrons. The molecule has 0 aromatic rings. The number of ether oxygens (including phenoxy) is 4. The Morgan fingerprint density at radius 2 is 1.50 bits per heavy atom. The number of hydrogen-bond acceptors (Lipinski definition) is 4. The first-order chi connectivity index (χ1) is 10.9. The van der Waals surface area contributed by atoms with Crippen LogP contribution in [0.3, 0.4) is 0 Å². The highest BCUT2D eigenvalue weighted by molar-refractivity contribution is 4.82. The van der Waals surface area contributed by atoms with Gasteiger partial charge in [-0.25, -0.2) is 0 Å². The van der Waals surface area contributed by atoms with Crippen molar-refractivity contribution in [3.8, 4) is 0 Å². The van der Waals surface area contributed by atoms with Crippen molar-refractivity contribution in [2.75, 3.05) is 20.0 Å². The molecule has 4 nitrogen and oxygen atoms in total. The van der Waals surface area contributed by atoms with E-state index in [-0.39, 0.29) is 5.79 Å². The van der Waals surface area contributed by atoms with Crippen LogP contribution >= 0.6 is 0 Å². The Morgan fingerprint density at radius 1 is 0.773 bits per heavy atom. The van der Waals surface area contributed by atoms with Gasteiger partial charge in [0.2, 0.25) is 0 Å². The van der Waals surface area contributed by atoms with Crippen molar-refractivity contribution in [2.24, 2.45) is 0 Å². The van der Waals surface area contributed by atoms with Gasteiger partial charge in [0.1, 0.15) is 6.79 Å². The van der Waals surface area contributed by atoms with E-state index >= 15 is 0 Å². The topological polar surface area (TPSA) is 36.9 Å². The molecule has 4 heteroatoms. The quantitative estimate of drug-likeness (QED) is 0.630. The maximum absolute atomic E-state index is 6.23. The van der Waals surface area contributed by atoms with E-state index in [9.17, 15) is 0 Å². The summed E-state index contributed by atoms with van der Waals surface area (Å²) in [7, 11) is 0. The fourth-order valence-corrected chi connectivity index (χ4v) is 3.92. The Hall–Kier alpha value is -0.160. The summed E-state index contributed by atoms with van der Waals surface area (Å²) in [5, 5.41) is 0. The highest BCUT2D eigenvalue weighted by atomic mass is 16.7. The average Bonchev–Trinajstić information content (AvgIpc) is 3.18. The van der Waals surface area contributed by atoms with E-state index in [1.54, 1.807) is 0 Å². The largest absolute Gasteiger partial charge is 0.353 e. The first-order valence-electron chi connectivity index (χ1n) is 9.37. The minimum Gasteiger partial charge on any atom is -0.353 e. The van der Waals surface area contributed by atoms with E-state index in [1.165, 1.54) is 57.8 Å². The zero-order chi connectivity index (χ0) is 15.1. The van der Waals surface area contributed by atoms with E-state index in [1.807, 2.05) is 0 Å². The van der Waals surface area contributed by atoms with Gasteiger partial charge in [-0.2, -0.15) is 0 Å². The van der Waals surface area contributed by atoms with Crippen molar-refractivity contribution in [3.05, 3.63) is 0 Å². The van der Waals surface area contributed by atoms with E-state index in [4.69, 9.17) is 18.9 Å². The lowest BCUT2D eigenvalue weighted by atomic mass is 9.94. The van der Waals surface area contributed by atoms with E-state index in [0.717, 1.165) is 32.5 Å². The minimum atomic E-state index is -0.188. The zero-order valence-electron chi connectivity index (χ0n) is 13.9. The standard InChI is InChI=1S/C18H32O4/c1(2-5-9-16-13-19-15-20-16)3-6-10-17-14-21-18(22-17)11-7-4-8-12-18/h16-17H,1-15H2. The summed E-state index contributed by atoms with van der Waals surface area (Å²) < 4.78 is 22.9. The van der Waals surface area contributed by atoms with Crippen LogP contribution in [0.1, 0.15) is 77.0 Å². The van der Waals surface area contributed by atoms with Crippen LogP contribution in [0.5, 0.6) is 0 Å². The highest BCUT2D eigenvalue weighted by Gasteiger charge is 2.41. The van der Waals surface area contributed by atoms with Gasteiger partial charge in [-0.05, 0) is 25.7 Å². The van der Waals surface area contributed by atoms with E-state index in [2.05, 4.69) is 0 Å². The molecule has 0 N–H and O–H groups in total. The molecule has 0 radical (unpaired) electrons. The zero-order valence-corrected chi connectivity index (χ0v) is 13.9. The molecule has 3 rings (SSSR count). The SMILES string of the molecule is C(CCCC1COCO1)CCCC1COC2(CCCCC2)O1. The molecule has 1 saturated carbocycles. The van der Waals surface area contributed by atoms with Crippen LogP contribution in [-0.4, -0.2) is 38.0 Å². The monoisotopic (exact) mass is 312 g/mol. The van der Waals surface area contributed by atoms with Crippen molar-refractivity contribution in [2.45, 2.75) is 95.0 Å². The third-order valence-electron chi connectivity index (χ3n) is 5.27. The summed E-state index contributed by atoms with van der Waals surface area (Å²) in [6, 6.07) is 0. The lowest BCUT2D eigenvalue weighted by Gasteiger charge is -2.31. The summed E-state index contributed by atoms with van der Waals surface area (Å²) in [6.07, 6.45) is 15.6. The van der Waals surface area contributed by atoms with E-state index in [0.29, 0.717) is 19.0 Å². The molecule has 2 heterocycles. The third kappa shape index (κ3) is 4.92. The van der Waals surface area contributed by atoms with Crippen molar-refractivity contribution in [1.82, 2.24) is 0 Å². The molecule has 2 atom stereocenters. The van der Waals surface area contributed by atoms with Gasteiger partial charge < -0.3 is 18.9 Å². The van der Waals surface area contributed by atoms with Gasteiger partial charge in [0.15, 0.2) is 5.79 Å². The average molecular weight is 312 g/mol. The first kappa shape index (κ1) is 16.7. The predicted octanol–water partition coefficient (Wildman–Crippen LogP) is 4.17. The molecule has 3 fully saturated rings. The molecule has 22 heavy (non-hydrogen) atoms. The summed E-state index contributed by atoms with van der Waals surface area (Å²) in [5.74, 6) is -0.188. The Labute approximate surface area is 134 Å². The van der Waals surface area contributed by atoms with Crippen molar-refractivity contribution in [3.63, 3.8) is 0 Å². The van der Waals surface area contributed by atoms with Crippen LogP contribution in [0.15, 0.2) is 0 Å². The smallest absolute Gasteiger partial charge is 0.168 e. The normalized spacial score (nSPS) is 31.1. The van der Waals surface area contributed by atoms with Crippen LogP contribution in [0.25, 0.3) is 0 Å². The number of unbranched alkanes of at least 4 members (excludes halogenated alkanes) is 4. The van der Waals surface area contributed by atoms with Crippen LogP contribution < -0.4 is 0 Å². The summed E-state index contributed by atoms with van der Waals surface area (Å²) in [5.41, 5.74) is 0. The second-order valence-electron chi connectivity index (χ2n) is 7.14. The van der Waals surface area contributed by atoms with Crippen molar-refractivity contribution in [1.29, 1.82) is 0 Å². The van der Waals surface area contributed by atoms with Gasteiger partial charge >= 0.3 is 0 Å². The minimum absolute atomic E-state index is 0.188. The summed E-state index contributed by atoms with van der Waals surface area (Å²) in [6.45, 7) is 2.11. The summed E-state index contributed by atoms with van der Waals surface area (Å²) in [4.78, 5) is 0. The first-order valence-corrected chi connectivity index (χ1v) is 9.37. The molecule has 3 aliphatic rings. The molecule has 0 aromatic carbocycles. The van der Waals surface area contributed by atoms with Crippen molar-refractivity contribution >= 4 is 0 Å². The molecule has 0 aromatic heterocycles. The summed E-state index contributed by atoms with van der Waals surface area (Å²) >= 11 is 0. The fourth-order valence-electron chi connectivity index (χ4n) is 3.92. The van der Waals surface area contributed by atoms with Gasteiger partial charge in [0.05, 0.1) is 25.4 Å². The van der Waals surface area contributed by atoms with E-state index < -0.39 is 0 Å². The molecular weight excluding hydrogens is 280 g/mol. The molecule has 0 bridgehead atoms. The van der Waals surface area contributed by atoms with Gasteiger partial charge in [-0.15, -0.1) is 0 Å². The maximum Gasteiger partial charge on any atom is 0.168 e. The molecule has 0 amide bonds. The van der Waals surface area contributed by atoms with Crippen LogP contribution in [0, 0.1) is 0 Å².